The predicted molar refractivity (Wildman–Crippen MR) is 75.5 cm³/mol. The quantitative estimate of drug-likeness (QED) is 0.892. The number of rotatable bonds is 2. The Labute approximate surface area is 114 Å². The molecule has 0 aliphatic carbocycles. The molecule has 5 heteroatoms. The monoisotopic (exact) mass is 302 g/mol. The van der Waals surface area contributed by atoms with Crippen molar-refractivity contribution in [2.24, 2.45) is 0 Å². The molecule has 3 N–H and O–H groups in total. The third kappa shape index (κ3) is 2.60. The molecule has 0 aliphatic heterocycles. The van der Waals surface area contributed by atoms with Crippen LogP contribution in [0.5, 0.6) is 0 Å². The van der Waals surface area contributed by atoms with E-state index in [0.717, 1.165) is 15.7 Å². The molecule has 0 saturated carbocycles. The summed E-state index contributed by atoms with van der Waals surface area (Å²) in [4.78, 5) is 4.24. The number of aryl methyl sites for hydroxylation is 1. The van der Waals surface area contributed by atoms with Crippen molar-refractivity contribution in [2.75, 3.05) is 11.1 Å². The fourth-order valence-corrected chi connectivity index (χ4v) is 1.91. The molecule has 0 saturated heterocycles. The van der Waals surface area contributed by atoms with Crippen LogP contribution in [-0.2, 0) is 0 Å². The number of aromatic nitrogens is 1. The minimum atomic E-state index is 0.594. The van der Waals surface area contributed by atoms with Crippen molar-refractivity contribution in [3.8, 4) is 6.07 Å². The van der Waals surface area contributed by atoms with Gasteiger partial charge in [-0.15, -0.1) is 0 Å². The van der Waals surface area contributed by atoms with Gasteiger partial charge in [-0.05, 0) is 46.6 Å². The van der Waals surface area contributed by atoms with Gasteiger partial charge >= 0.3 is 0 Å². The minimum absolute atomic E-state index is 0.594. The van der Waals surface area contributed by atoms with Gasteiger partial charge in [0.05, 0.1) is 5.56 Å². The summed E-state index contributed by atoms with van der Waals surface area (Å²) < 4.78 is 0.745. The van der Waals surface area contributed by atoms with Crippen molar-refractivity contribution in [1.82, 2.24) is 4.98 Å². The Hall–Kier alpha value is -2.06. The van der Waals surface area contributed by atoms with E-state index in [1.54, 1.807) is 18.3 Å². The maximum Gasteiger partial charge on any atom is 0.132 e. The summed E-state index contributed by atoms with van der Waals surface area (Å²) in [7, 11) is 0. The zero-order chi connectivity index (χ0) is 13.1. The predicted octanol–water partition coefficient (Wildman–Crippen LogP) is 3.35. The molecule has 0 spiro atoms. The summed E-state index contributed by atoms with van der Waals surface area (Å²) in [6.07, 6.45) is 1.72. The van der Waals surface area contributed by atoms with E-state index in [1.807, 2.05) is 19.1 Å². The maximum absolute atomic E-state index is 8.84. The molecule has 0 aliphatic rings. The fourth-order valence-electron chi connectivity index (χ4n) is 1.44. The summed E-state index contributed by atoms with van der Waals surface area (Å²) in [6.45, 7) is 1.91. The highest BCUT2D eigenvalue weighted by Gasteiger charge is 2.03. The summed E-state index contributed by atoms with van der Waals surface area (Å²) in [5.74, 6) is 0.676. The molecule has 0 atom stereocenters. The van der Waals surface area contributed by atoms with Gasteiger partial charge in [-0.3, -0.25) is 0 Å². The van der Waals surface area contributed by atoms with Crippen LogP contribution in [0, 0.1) is 18.3 Å². The van der Waals surface area contributed by atoms with Gasteiger partial charge in [0.1, 0.15) is 11.9 Å². The van der Waals surface area contributed by atoms with Gasteiger partial charge in [0.2, 0.25) is 0 Å². The number of nitrogens with one attached hydrogen (secondary N) is 1. The van der Waals surface area contributed by atoms with Crippen molar-refractivity contribution >= 4 is 33.1 Å². The zero-order valence-corrected chi connectivity index (χ0v) is 11.3. The zero-order valence-electron chi connectivity index (χ0n) is 9.74. The van der Waals surface area contributed by atoms with Crippen LogP contribution in [0.4, 0.5) is 17.2 Å². The number of anilines is 3. The van der Waals surface area contributed by atoms with Gasteiger partial charge in [0.15, 0.2) is 0 Å². The molecule has 1 heterocycles. The van der Waals surface area contributed by atoms with Crippen LogP contribution in [0.1, 0.15) is 11.1 Å². The van der Waals surface area contributed by atoms with Crippen LogP contribution in [0.3, 0.4) is 0 Å². The molecular weight excluding hydrogens is 292 g/mol. The lowest BCUT2D eigenvalue weighted by atomic mass is 10.2. The second-order valence-electron chi connectivity index (χ2n) is 3.86. The van der Waals surface area contributed by atoms with E-state index in [1.165, 1.54) is 0 Å². The third-order valence-electron chi connectivity index (χ3n) is 2.51. The summed E-state index contributed by atoms with van der Waals surface area (Å²) >= 11 is 3.34. The molecule has 0 amide bonds. The first kappa shape index (κ1) is 12.4. The molecule has 1 aromatic carbocycles. The van der Waals surface area contributed by atoms with Crippen molar-refractivity contribution in [3.63, 3.8) is 0 Å². The second kappa shape index (κ2) is 5.07. The number of nitriles is 1. The molecule has 1 aromatic heterocycles. The Balaban J connectivity index is 2.26. The van der Waals surface area contributed by atoms with Crippen molar-refractivity contribution in [2.45, 2.75) is 6.92 Å². The molecule has 18 heavy (non-hydrogen) atoms. The van der Waals surface area contributed by atoms with Crippen LogP contribution < -0.4 is 11.1 Å². The van der Waals surface area contributed by atoms with Gasteiger partial charge in [-0.25, -0.2) is 4.98 Å². The molecule has 2 rings (SSSR count). The highest BCUT2D eigenvalue weighted by atomic mass is 79.9. The Morgan fingerprint density at radius 1 is 1.39 bits per heavy atom. The molecule has 2 aromatic rings. The van der Waals surface area contributed by atoms with Crippen molar-refractivity contribution in [1.29, 1.82) is 5.26 Å². The lowest BCUT2D eigenvalue weighted by Crippen LogP contribution is -1.97. The largest absolute Gasteiger partial charge is 0.398 e. The highest BCUT2D eigenvalue weighted by molar-refractivity contribution is 9.10. The smallest absolute Gasteiger partial charge is 0.132 e. The first-order valence-electron chi connectivity index (χ1n) is 5.29. The van der Waals surface area contributed by atoms with E-state index >= 15 is 0 Å². The Kier molecular flexibility index (Phi) is 3.49. The first-order valence-corrected chi connectivity index (χ1v) is 6.08. The molecule has 4 nitrogen and oxygen atoms in total. The molecule has 0 bridgehead atoms. The Bertz CT molecular complexity index is 631. The first-order chi connectivity index (χ1) is 8.60. The minimum Gasteiger partial charge on any atom is -0.398 e. The normalized spacial score (nSPS) is 9.83. The lowest BCUT2D eigenvalue weighted by Gasteiger charge is -2.08. The standard InChI is InChI=1S/C13H11BrN4/c1-8-7-17-13(5-12(8)16)18-10-3-2-9(6-15)11(14)4-10/h2-5,7H,1H3,(H3,16,17,18). The van der Waals surface area contributed by atoms with Gasteiger partial charge in [0, 0.05) is 28.1 Å². The van der Waals surface area contributed by atoms with Gasteiger partial charge in [-0.1, -0.05) is 0 Å². The van der Waals surface area contributed by atoms with E-state index in [4.69, 9.17) is 11.0 Å². The van der Waals surface area contributed by atoms with Crippen LogP contribution in [0.25, 0.3) is 0 Å². The third-order valence-corrected chi connectivity index (χ3v) is 3.16. The number of nitrogens with two attached hydrogens (primary N) is 1. The number of halogens is 1. The Morgan fingerprint density at radius 2 is 2.17 bits per heavy atom. The summed E-state index contributed by atoms with van der Waals surface area (Å²) in [6, 6.07) is 9.26. The van der Waals surface area contributed by atoms with Crippen molar-refractivity contribution in [3.05, 3.63) is 46.1 Å². The van der Waals surface area contributed by atoms with E-state index in [0.29, 0.717) is 17.1 Å². The average molecular weight is 303 g/mol. The topological polar surface area (TPSA) is 74.7 Å². The number of hydrogen-bond acceptors (Lipinski definition) is 4. The van der Waals surface area contributed by atoms with Gasteiger partial charge in [-0.2, -0.15) is 5.26 Å². The van der Waals surface area contributed by atoms with Crippen molar-refractivity contribution < 1.29 is 0 Å². The van der Waals surface area contributed by atoms with Crippen LogP contribution in [0.15, 0.2) is 34.9 Å². The van der Waals surface area contributed by atoms with Crippen LogP contribution in [0.2, 0.25) is 0 Å². The summed E-state index contributed by atoms with van der Waals surface area (Å²) in [5.41, 5.74) is 8.90. The molecule has 0 unspecified atom stereocenters. The van der Waals surface area contributed by atoms with Crippen LogP contribution >= 0.6 is 15.9 Å². The lowest BCUT2D eigenvalue weighted by molar-refractivity contribution is 1.26. The number of nitrogens with zero attached hydrogens (tertiary/aromatic N) is 2. The SMILES string of the molecule is Cc1cnc(Nc2ccc(C#N)c(Br)c2)cc1N. The molecule has 0 radical (unpaired) electrons. The second-order valence-corrected chi connectivity index (χ2v) is 4.71. The fraction of sp³-hybridized carbons (Fsp3) is 0.0769. The van der Waals surface area contributed by atoms with E-state index in [9.17, 15) is 0 Å². The highest BCUT2D eigenvalue weighted by Crippen LogP contribution is 2.24. The molecular formula is C13H11BrN4. The maximum atomic E-state index is 8.84. The number of nitrogen functional groups attached to an aromatic ring is 1. The summed E-state index contributed by atoms with van der Waals surface area (Å²) in [5, 5.41) is 12.0. The number of pyridine rings is 1. The van der Waals surface area contributed by atoms with Crippen LogP contribution in [-0.4, -0.2) is 4.98 Å². The number of hydrogen-bond donors (Lipinski definition) is 2. The Morgan fingerprint density at radius 3 is 2.78 bits per heavy atom. The number of benzene rings is 1. The molecule has 90 valence electrons. The van der Waals surface area contributed by atoms with Gasteiger partial charge in [0.25, 0.3) is 0 Å². The van der Waals surface area contributed by atoms with E-state index in [-0.39, 0.29) is 0 Å². The average Bonchev–Trinajstić information content (AvgIpc) is 2.34. The molecule has 0 fully saturated rings. The van der Waals surface area contributed by atoms with E-state index in [2.05, 4.69) is 32.3 Å². The van der Waals surface area contributed by atoms with E-state index < -0.39 is 0 Å². The van der Waals surface area contributed by atoms with Gasteiger partial charge < -0.3 is 11.1 Å².